The quantitative estimate of drug-likeness (QED) is 0.701. The monoisotopic (exact) mass is 375 g/mol. The normalized spacial score (nSPS) is 15.2. The Bertz CT molecular complexity index is 903. The van der Waals surface area contributed by atoms with E-state index in [4.69, 9.17) is 0 Å². The molecule has 1 aliphatic heterocycles. The molecule has 0 radical (unpaired) electrons. The molecule has 7 nitrogen and oxygen atoms in total. The third kappa shape index (κ3) is 3.69. The minimum Gasteiger partial charge on any atom is -0.353 e. The number of hydrogen-bond donors (Lipinski definition) is 0. The van der Waals surface area contributed by atoms with E-state index in [1.165, 1.54) is 12.4 Å². The Hall–Kier alpha value is -3.17. The molecule has 0 aliphatic carbocycles. The molecule has 3 aromatic rings. The number of pyridine rings is 1. The van der Waals surface area contributed by atoms with Crippen LogP contribution in [0.5, 0.6) is 0 Å². The number of rotatable bonds is 3. The summed E-state index contributed by atoms with van der Waals surface area (Å²) >= 11 is 0. The van der Waals surface area contributed by atoms with Crippen molar-refractivity contribution < 1.29 is 13.2 Å². The fourth-order valence-electron chi connectivity index (χ4n) is 2.96. The molecule has 0 amide bonds. The summed E-state index contributed by atoms with van der Waals surface area (Å²) in [6.45, 7) is 2.34. The van der Waals surface area contributed by atoms with Gasteiger partial charge in [-0.05, 0) is 18.2 Å². The Balaban J connectivity index is 1.46. The Labute approximate surface area is 153 Å². The van der Waals surface area contributed by atoms with Gasteiger partial charge in [0.25, 0.3) is 0 Å². The average molecular weight is 375 g/mol. The molecule has 0 unspecified atom stereocenters. The van der Waals surface area contributed by atoms with Crippen molar-refractivity contribution in [2.45, 2.75) is 6.18 Å². The minimum atomic E-state index is -4.44. The second-order valence-electron chi connectivity index (χ2n) is 6.04. The van der Waals surface area contributed by atoms with Crippen LogP contribution in [0.25, 0.3) is 5.82 Å². The molecule has 4 rings (SSSR count). The maximum atomic E-state index is 12.9. The van der Waals surface area contributed by atoms with Crippen LogP contribution in [0.1, 0.15) is 5.69 Å². The van der Waals surface area contributed by atoms with Crippen molar-refractivity contribution in [1.29, 1.82) is 0 Å². The highest BCUT2D eigenvalue weighted by molar-refractivity contribution is 5.47. The molecule has 0 N–H and O–H groups in total. The van der Waals surface area contributed by atoms with Crippen molar-refractivity contribution in [3.05, 3.63) is 54.7 Å². The fourth-order valence-corrected chi connectivity index (χ4v) is 2.96. The SMILES string of the molecule is FC(F)(F)c1cccc(N2CCN(c3cc(-n4cccn4)ncn3)CC2)n1. The number of hydrogen-bond acceptors (Lipinski definition) is 6. The van der Waals surface area contributed by atoms with E-state index in [0.29, 0.717) is 37.8 Å². The second-order valence-corrected chi connectivity index (χ2v) is 6.04. The van der Waals surface area contributed by atoms with Crippen molar-refractivity contribution in [2.24, 2.45) is 0 Å². The van der Waals surface area contributed by atoms with Crippen molar-refractivity contribution in [1.82, 2.24) is 24.7 Å². The molecule has 1 saturated heterocycles. The minimum absolute atomic E-state index is 0.337. The molecular formula is C17H16F3N7. The first kappa shape index (κ1) is 17.3. The van der Waals surface area contributed by atoms with Gasteiger partial charge in [0.15, 0.2) is 5.82 Å². The first-order valence-electron chi connectivity index (χ1n) is 8.37. The van der Waals surface area contributed by atoms with E-state index in [-0.39, 0.29) is 0 Å². The molecule has 1 fully saturated rings. The zero-order valence-corrected chi connectivity index (χ0v) is 14.2. The summed E-state index contributed by atoms with van der Waals surface area (Å²) in [6, 6.07) is 7.62. The number of alkyl halides is 3. The largest absolute Gasteiger partial charge is 0.433 e. The van der Waals surface area contributed by atoms with Crippen molar-refractivity contribution in [3.8, 4) is 5.82 Å². The van der Waals surface area contributed by atoms with Gasteiger partial charge in [-0.15, -0.1) is 0 Å². The van der Waals surface area contributed by atoms with Crippen LogP contribution in [0.15, 0.2) is 49.1 Å². The van der Waals surface area contributed by atoms with Gasteiger partial charge in [-0.2, -0.15) is 18.3 Å². The average Bonchev–Trinajstić information content (AvgIpc) is 3.23. The maximum Gasteiger partial charge on any atom is 0.433 e. The zero-order valence-electron chi connectivity index (χ0n) is 14.2. The number of nitrogens with zero attached hydrogens (tertiary/aromatic N) is 7. The topological polar surface area (TPSA) is 63.0 Å². The van der Waals surface area contributed by atoms with Crippen molar-refractivity contribution in [3.63, 3.8) is 0 Å². The molecule has 140 valence electrons. The van der Waals surface area contributed by atoms with E-state index in [2.05, 4.69) is 25.0 Å². The van der Waals surface area contributed by atoms with Crippen LogP contribution in [-0.2, 0) is 6.18 Å². The van der Waals surface area contributed by atoms with Crippen molar-refractivity contribution >= 4 is 11.6 Å². The lowest BCUT2D eigenvalue weighted by atomic mass is 10.2. The Morgan fingerprint density at radius 2 is 1.56 bits per heavy atom. The number of anilines is 2. The number of halogens is 3. The van der Waals surface area contributed by atoms with E-state index in [1.807, 2.05) is 17.0 Å². The van der Waals surface area contributed by atoms with Gasteiger partial charge in [0.1, 0.15) is 23.7 Å². The zero-order chi connectivity index (χ0) is 18.9. The number of piperazine rings is 1. The molecule has 4 heterocycles. The van der Waals surface area contributed by atoms with Crippen molar-refractivity contribution in [2.75, 3.05) is 36.0 Å². The van der Waals surface area contributed by atoms with Crippen LogP contribution in [-0.4, -0.2) is 50.9 Å². The van der Waals surface area contributed by atoms with E-state index in [9.17, 15) is 13.2 Å². The summed E-state index contributed by atoms with van der Waals surface area (Å²) in [5, 5.41) is 4.15. The fraction of sp³-hybridized carbons (Fsp3) is 0.294. The van der Waals surface area contributed by atoms with Crippen LogP contribution < -0.4 is 9.80 Å². The predicted molar refractivity (Wildman–Crippen MR) is 92.8 cm³/mol. The lowest BCUT2D eigenvalue weighted by Crippen LogP contribution is -2.47. The second kappa shape index (κ2) is 6.86. The van der Waals surface area contributed by atoms with E-state index < -0.39 is 11.9 Å². The van der Waals surface area contributed by atoms with E-state index in [0.717, 1.165) is 11.9 Å². The standard InChI is InChI=1S/C17H16F3N7/c18-17(19,20)13-3-1-4-14(24-13)25-7-9-26(10-8-25)15-11-16(22-12-21-15)27-6-2-5-23-27/h1-6,11-12H,7-10H2. The van der Waals surface area contributed by atoms with Crippen LogP contribution >= 0.6 is 0 Å². The molecule has 0 bridgehead atoms. The molecule has 10 heteroatoms. The molecular weight excluding hydrogens is 359 g/mol. The van der Waals surface area contributed by atoms with E-state index >= 15 is 0 Å². The molecule has 1 aliphatic rings. The molecule has 27 heavy (non-hydrogen) atoms. The summed E-state index contributed by atoms with van der Waals surface area (Å²) < 4.78 is 40.2. The first-order valence-corrected chi connectivity index (χ1v) is 8.37. The lowest BCUT2D eigenvalue weighted by molar-refractivity contribution is -0.141. The van der Waals surface area contributed by atoms with Gasteiger partial charge >= 0.3 is 6.18 Å². The Morgan fingerprint density at radius 1 is 0.852 bits per heavy atom. The highest BCUT2D eigenvalue weighted by Crippen LogP contribution is 2.29. The molecule has 3 aromatic heterocycles. The summed E-state index contributed by atoms with van der Waals surface area (Å²) in [5.74, 6) is 1.75. The highest BCUT2D eigenvalue weighted by atomic mass is 19.4. The van der Waals surface area contributed by atoms with Gasteiger partial charge in [-0.3, -0.25) is 0 Å². The molecule has 0 aromatic carbocycles. The van der Waals surface area contributed by atoms with Gasteiger partial charge in [0.2, 0.25) is 0 Å². The summed E-state index contributed by atoms with van der Waals surface area (Å²) in [7, 11) is 0. The number of aromatic nitrogens is 5. The first-order chi connectivity index (χ1) is 13.0. The third-order valence-corrected chi connectivity index (χ3v) is 4.33. The van der Waals surface area contributed by atoms with Gasteiger partial charge in [0.05, 0.1) is 0 Å². The maximum absolute atomic E-state index is 12.9. The summed E-state index contributed by atoms with van der Waals surface area (Å²) in [6.07, 6.45) is 0.501. The van der Waals surface area contributed by atoms with Crippen LogP contribution in [0.2, 0.25) is 0 Å². The molecule has 0 atom stereocenters. The Morgan fingerprint density at radius 3 is 2.22 bits per heavy atom. The lowest BCUT2D eigenvalue weighted by Gasteiger charge is -2.36. The van der Waals surface area contributed by atoms with Gasteiger partial charge in [-0.1, -0.05) is 6.07 Å². The van der Waals surface area contributed by atoms with Gasteiger partial charge < -0.3 is 9.80 Å². The van der Waals surface area contributed by atoms with Gasteiger partial charge in [0, 0.05) is 44.6 Å². The van der Waals surface area contributed by atoms with E-state index in [1.54, 1.807) is 23.1 Å². The molecule has 0 spiro atoms. The van der Waals surface area contributed by atoms with Crippen LogP contribution in [0.3, 0.4) is 0 Å². The molecule has 0 saturated carbocycles. The Kier molecular flexibility index (Phi) is 4.38. The summed E-state index contributed by atoms with van der Waals surface area (Å²) in [5.41, 5.74) is -0.873. The smallest absolute Gasteiger partial charge is 0.353 e. The third-order valence-electron chi connectivity index (χ3n) is 4.33. The highest BCUT2D eigenvalue weighted by Gasteiger charge is 2.33. The van der Waals surface area contributed by atoms with Crippen LogP contribution in [0.4, 0.5) is 24.8 Å². The predicted octanol–water partition coefficient (Wildman–Crippen LogP) is 2.40. The van der Waals surface area contributed by atoms with Gasteiger partial charge in [-0.25, -0.2) is 19.6 Å². The summed E-state index contributed by atoms with van der Waals surface area (Å²) in [4.78, 5) is 16.2. The van der Waals surface area contributed by atoms with Crippen LogP contribution in [0, 0.1) is 0 Å².